The number of hydrazine groups is 1. The minimum Gasteiger partial charge on any atom is -0.464 e. The monoisotopic (exact) mass is 349 g/mol. The normalized spacial score (nSPS) is 31.6. The van der Waals surface area contributed by atoms with Crippen molar-refractivity contribution in [2.75, 3.05) is 0 Å². The van der Waals surface area contributed by atoms with Crippen molar-refractivity contribution < 1.29 is 17.6 Å². The molecule has 0 radical (unpaired) electrons. The van der Waals surface area contributed by atoms with Crippen LogP contribution in [0.2, 0.25) is 0 Å². The van der Waals surface area contributed by atoms with Crippen LogP contribution in [-0.2, 0) is 6.18 Å². The van der Waals surface area contributed by atoms with E-state index in [1.54, 1.807) is 12.1 Å². The molecule has 4 nitrogen and oxygen atoms in total. The van der Waals surface area contributed by atoms with Gasteiger partial charge in [-0.3, -0.25) is 0 Å². The Morgan fingerprint density at radius 2 is 1.96 bits per heavy atom. The number of amidine groups is 1. The maximum Gasteiger partial charge on any atom is 0.420 e. The SMILES string of the molecule is FC(F)(F)c1coc2ccc(C3=N[C@@]4(CC5CCC4CC5)NN3)cc12. The molecule has 3 saturated carbocycles. The van der Waals surface area contributed by atoms with Crippen LogP contribution in [0, 0.1) is 11.8 Å². The van der Waals surface area contributed by atoms with Crippen LogP contribution in [0.15, 0.2) is 33.9 Å². The van der Waals surface area contributed by atoms with E-state index in [0.29, 0.717) is 23.2 Å². The van der Waals surface area contributed by atoms with Crippen molar-refractivity contribution in [3.05, 3.63) is 35.6 Å². The van der Waals surface area contributed by atoms with Crippen molar-refractivity contribution in [3.63, 3.8) is 0 Å². The quantitative estimate of drug-likeness (QED) is 0.811. The predicted molar refractivity (Wildman–Crippen MR) is 86.8 cm³/mol. The summed E-state index contributed by atoms with van der Waals surface area (Å²) in [6.07, 6.45) is 2.18. The summed E-state index contributed by atoms with van der Waals surface area (Å²) in [5.41, 5.74) is 6.29. The summed E-state index contributed by atoms with van der Waals surface area (Å²) in [5, 5.41) is 0.0700. The number of alkyl halides is 3. The number of rotatable bonds is 1. The molecule has 2 aromatic rings. The van der Waals surface area contributed by atoms with Gasteiger partial charge >= 0.3 is 6.18 Å². The van der Waals surface area contributed by atoms with E-state index in [4.69, 9.17) is 9.41 Å². The standard InChI is InChI=1S/C18H18F3N3O/c19-18(20,21)14-9-25-15-6-3-11(7-13(14)15)16-22-17(24-23-16)8-10-1-4-12(17)5-2-10/h3,6-7,9-10,12,24H,1-2,4-5,8H2,(H,22,23)/t10?,12?,17-/m0/s1. The second-order valence-electron chi connectivity index (χ2n) is 7.41. The number of halogens is 3. The van der Waals surface area contributed by atoms with E-state index in [1.807, 2.05) is 0 Å². The highest BCUT2D eigenvalue weighted by Gasteiger charge is 2.50. The first-order valence-corrected chi connectivity index (χ1v) is 8.66. The van der Waals surface area contributed by atoms with E-state index < -0.39 is 11.7 Å². The van der Waals surface area contributed by atoms with Crippen LogP contribution in [0.4, 0.5) is 13.2 Å². The number of hydrogen-bond donors (Lipinski definition) is 2. The van der Waals surface area contributed by atoms with Gasteiger partial charge in [0, 0.05) is 10.9 Å². The van der Waals surface area contributed by atoms with Gasteiger partial charge in [0.1, 0.15) is 28.9 Å². The van der Waals surface area contributed by atoms with Gasteiger partial charge in [-0.2, -0.15) is 13.2 Å². The molecular formula is C18H18F3N3O. The van der Waals surface area contributed by atoms with Gasteiger partial charge in [0.25, 0.3) is 0 Å². The number of aliphatic imine (C=N–C) groups is 1. The van der Waals surface area contributed by atoms with Crippen molar-refractivity contribution in [1.82, 2.24) is 10.9 Å². The Morgan fingerprint density at radius 1 is 1.16 bits per heavy atom. The molecule has 3 aliphatic carbocycles. The van der Waals surface area contributed by atoms with Gasteiger partial charge in [0.2, 0.25) is 0 Å². The molecule has 132 valence electrons. The van der Waals surface area contributed by atoms with Crippen molar-refractivity contribution in [1.29, 1.82) is 0 Å². The van der Waals surface area contributed by atoms with E-state index in [-0.39, 0.29) is 16.6 Å². The lowest BCUT2D eigenvalue weighted by atomic mass is 9.65. The lowest BCUT2D eigenvalue weighted by Crippen LogP contribution is -2.56. The van der Waals surface area contributed by atoms with Crippen LogP contribution in [-0.4, -0.2) is 11.5 Å². The van der Waals surface area contributed by atoms with Gasteiger partial charge in [-0.25, -0.2) is 10.4 Å². The van der Waals surface area contributed by atoms with Gasteiger partial charge < -0.3 is 9.84 Å². The van der Waals surface area contributed by atoms with Crippen LogP contribution < -0.4 is 10.9 Å². The third-order valence-electron chi connectivity index (χ3n) is 5.98. The van der Waals surface area contributed by atoms with E-state index in [2.05, 4.69) is 10.9 Å². The lowest BCUT2D eigenvalue weighted by molar-refractivity contribution is -0.136. The summed E-state index contributed by atoms with van der Waals surface area (Å²) in [4.78, 5) is 4.90. The number of nitrogens with one attached hydrogen (secondary N) is 2. The average molecular weight is 349 g/mol. The zero-order chi connectivity index (χ0) is 17.2. The van der Waals surface area contributed by atoms with Crippen molar-refractivity contribution in [3.8, 4) is 0 Å². The van der Waals surface area contributed by atoms with E-state index in [1.165, 1.54) is 18.9 Å². The highest BCUT2D eigenvalue weighted by atomic mass is 19.4. The van der Waals surface area contributed by atoms with Crippen molar-refractivity contribution in [2.24, 2.45) is 16.8 Å². The van der Waals surface area contributed by atoms with Gasteiger partial charge in [-0.1, -0.05) is 0 Å². The Labute approximate surface area is 142 Å². The fourth-order valence-electron chi connectivity index (χ4n) is 4.70. The zero-order valence-corrected chi connectivity index (χ0v) is 13.5. The second-order valence-corrected chi connectivity index (χ2v) is 7.41. The first-order chi connectivity index (χ1) is 11.9. The Balaban J connectivity index is 1.54. The number of hydrogen-bond acceptors (Lipinski definition) is 4. The first-order valence-electron chi connectivity index (χ1n) is 8.66. The first kappa shape index (κ1) is 15.3. The minimum atomic E-state index is -4.43. The topological polar surface area (TPSA) is 49.6 Å². The summed E-state index contributed by atoms with van der Waals surface area (Å²) >= 11 is 0. The van der Waals surface area contributed by atoms with Crippen LogP contribution in [0.3, 0.4) is 0 Å². The smallest absolute Gasteiger partial charge is 0.420 e. The molecule has 2 heterocycles. The predicted octanol–water partition coefficient (Wildman–Crippen LogP) is 4.21. The molecule has 2 bridgehead atoms. The minimum absolute atomic E-state index is 0.0700. The zero-order valence-electron chi connectivity index (χ0n) is 13.5. The van der Waals surface area contributed by atoms with Gasteiger partial charge in [-0.15, -0.1) is 0 Å². The maximum absolute atomic E-state index is 13.1. The summed E-state index contributed by atoms with van der Waals surface area (Å²) in [6.45, 7) is 0. The number of furan rings is 1. The summed E-state index contributed by atoms with van der Waals surface area (Å²) in [6, 6.07) is 4.83. The van der Waals surface area contributed by atoms with Crippen LogP contribution in [0.5, 0.6) is 0 Å². The van der Waals surface area contributed by atoms with E-state index >= 15 is 0 Å². The third kappa shape index (κ3) is 2.28. The van der Waals surface area contributed by atoms with Gasteiger partial charge in [0.15, 0.2) is 0 Å². The van der Waals surface area contributed by atoms with E-state index in [0.717, 1.165) is 25.5 Å². The van der Waals surface area contributed by atoms with Crippen LogP contribution in [0.25, 0.3) is 11.0 Å². The fraction of sp³-hybridized carbons (Fsp3) is 0.500. The molecule has 3 fully saturated rings. The molecular weight excluding hydrogens is 331 g/mol. The molecule has 25 heavy (non-hydrogen) atoms. The highest BCUT2D eigenvalue weighted by molar-refractivity contribution is 6.02. The largest absolute Gasteiger partial charge is 0.464 e. The molecule has 1 spiro atoms. The Morgan fingerprint density at radius 3 is 2.64 bits per heavy atom. The van der Waals surface area contributed by atoms with Crippen LogP contribution >= 0.6 is 0 Å². The van der Waals surface area contributed by atoms with Crippen molar-refractivity contribution >= 4 is 16.8 Å². The Bertz CT molecular complexity index is 864. The molecule has 1 aromatic carbocycles. The number of nitrogens with zero attached hydrogens (tertiary/aromatic N) is 1. The maximum atomic E-state index is 13.1. The molecule has 6 rings (SSSR count). The molecule has 1 atom stereocenters. The van der Waals surface area contributed by atoms with Gasteiger partial charge in [-0.05, 0) is 62.1 Å². The summed E-state index contributed by atoms with van der Waals surface area (Å²) in [7, 11) is 0. The number of fused-ring (bicyclic) bond motifs is 3. The third-order valence-corrected chi connectivity index (χ3v) is 5.98. The fourth-order valence-corrected chi connectivity index (χ4v) is 4.70. The van der Waals surface area contributed by atoms with Crippen LogP contribution in [0.1, 0.15) is 43.2 Å². The molecule has 0 unspecified atom stereocenters. The molecule has 1 aliphatic heterocycles. The highest BCUT2D eigenvalue weighted by Crippen LogP contribution is 2.49. The molecule has 7 heteroatoms. The van der Waals surface area contributed by atoms with Crippen molar-refractivity contribution in [2.45, 2.75) is 43.9 Å². The molecule has 4 aliphatic rings. The summed E-state index contributed by atoms with van der Waals surface area (Å²) in [5.74, 6) is 1.80. The summed E-state index contributed by atoms with van der Waals surface area (Å²) < 4.78 is 44.4. The molecule has 0 saturated heterocycles. The second kappa shape index (κ2) is 5.00. The Hall–Kier alpha value is -2.02. The average Bonchev–Trinajstić information content (AvgIpc) is 3.19. The molecule has 0 amide bonds. The van der Waals surface area contributed by atoms with Gasteiger partial charge in [0.05, 0.1) is 0 Å². The molecule has 2 N–H and O–H groups in total. The molecule has 1 aromatic heterocycles. The Kier molecular flexibility index (Phi) is 3.05. The van der Waals surface area contributed by atoms with E-state index in [9.17, 15) is 13.2 Å². The number of benzene rings is 1. The lowest BCUT2D eigenvalue weighted by Gasteiger charge is -2.47.